The molecular weight excluding hydrogens is 222 g/mol. The molecule has 0 aromatic carbocycles. The number of hydrogen-bond acceptors (Lipinski definition) is 5. The summed E-state index contributed by atoms with van der Waals surface area (Å²) in [4.78, 5) is 15.5. The molecule has 0 saturated heterocycles. The van der Waals surface area contributed by atoms with Crippen molar-refractivity contribution in [3.05, 3.63) is 24.0 Å². The van der Waals surface area contributed by atoms with Crippen molar-refractivity contribution in [2.45, 2.75) is 12.5 Å². The number of ether oxygens (including phenoxy) is 1. The van der Waals surface area contributed by atoms with Crippen molar-refractivity contribution in [1.82, 2.24) is 10.3 Å². The molecule has 0 aliphatic carbocycles. The maximum absolute atomic E-state index is 11.6. The first kappa shape index (κ1) is 13.4. The topological polar surface area (TPSA) is 97.5 Å². The first-order chi connectivity index (χ1) is 8.15. The maximum atomic E-state index is 11.6. The van der Waals surface area contributed by atoms with E-state index in [2.05, 4.69) is 10.3 Å². The SMILES string of the molecule is COCC(O)CCNC(=O)c1ncccc1N. The molecule has 94 valence electrons. The van der Waals surface area contributed by atoms with Gasteiger partial charge in [-0.25, -0.2) is 4.98 Å². The summed E-state index contributed by atoms with van der Waals surface area (Å²) in [5, 5.41) is 12.0. The molecule has 1 unspecified atom stereocenters. The number of rotatable bonds is 6. The van der Waals surface area contributed by atoms with Gasteiger partial charge in [0.15, 0.2) is 5.69 Å². The third-order valence-electron chi connectivity index (χ3n) is 2.18. The van der Waals surface area contributed by atoms with E-state index in [0.29, 0.717) is 18.7 Å². The molecule has 17 heavy (non-hydrogen) atoms. The van der Waals surface area contributed by atoms with Gasteiger partial charge in [-0.05, 0) is 18.6 Å². The van der Waals surface area contributed by atoms with Gasteiger partial charge in [-0.3, -0.25) is 4.79 Å². The zero-order valence-corrected chi connectivity index (χ0v) is 9.72. The summed E-state index contributed by atoms with van der Waals surface area (Å²) in [7, 11) is 1.51. The molecule has 1 atom stereocenters. The van der Waals surface area contributed by atoms with Crippen molar-refractivity contribution >= 4 is 11.6 Å². The van der Waals surface area contributed by atoms with Crippen LogP contribution in [0.25, 0.3) is 0 Å². The van der Waals surface area contributed by atoms with Gasteiger partial charge in [0.25, 0.3) is 5.91 Å². The van der Waals surface area contributed by atoms with E-state index in [1.807, 2.05) is 0 Å². The second-order valence-corrected chi connectivity index (χ2v) is 3.59. The second-order valence-electron chi connectivity index (χ2n) is 3.59. The molecule has 0 fully saturated rings. The standard InChI is InChI=1S/C11H17N3O3/c1-17-7-8(15)4-6-14-11(16)10-9(12)3-2-5-13-10/h2-3,5,8,15H,4,6-7,12H2,1H3,(H,14,16). The van der Waals surface area contributed by atoms with Gasteiger partial charge in [0, 0.05) is 19.9 Å². The summed E-state index contributed by atoms with van der Waals surface area (Å²) in [6.45, 7) is 0.598. The fourth-order valence-corrected chi connectivity index (χ4v) is 1.32. The number of nitrogens with one attached hydrogen (secondary N) is 1. The first-order valence-electron chi connectivity index (χ1n) is 5.31. The minimum absolute atomic E-state index is 0.203. The van der Waals surface area contributed by atoms with Crippen molar-refractivity contribution in [2.24, 2.45) is 0 Å². The van der Waals surface area contributed by atoms with Gasteiger partial charge >= 0.3 is 0 Å². The Bertz CT molecular complexity index is 371. The molecule has 6 nitrogen and oxygen atoms in total. The summed E-state index contributed by atoms with van der Waals surface area (Å²) >= 11 is 0. The Kier molecular flexibility index (Phi) is 5.38. The highest BCUT2D eigenvalue weighted by Crippen LogP contribution is 2.06. The Morgan fingerprint density at radius 1 is 1.71 bits per heavy atom. The van der Waals surface area contributed by atoms with Gasteiger partial charge in [0.2, 0.25) is 0 Å². The van der Waals surface area contributed by atoms with Gasteiger partial charge in [0.1, 0.15) is 0 Å². The number of hydrogen-bond donors (Lipinski definition) is 3. The molecule has 0 saturated carbocycles. The average Bonchev–Trinajstić information content (AvgIpc) is 2.29. The number of carbonyl (C=O) groups is 1. The van der Waals surface area contributed by atoms with Crippen LogP contribution in [0.4, 0.5) is 5.69 Å². The number of aliphatic hydroxyl groups is 1. The Balaban J connectivity index is 2.38. The molecule has 1 aromatic rings. The molecule has 0 radical (unpaired) electrons. The largest absolute Gasteiger partial charge is 0.397 e. The number of amides is 1. The lowest BCUT2D eigenvalue weighted by Gasteiger charge is -2.10. The normalized spacial score (nSPS) is 12.1. The summed E-state index contributed by atoms with van der Waals surface area (Å²) in [6, 6.07) is 3.27. The van der Waals surface area contributed by atoms with Gasteiger partial charge < -0.3 is 20.9 Å². The third kappa shape index (κ3) is 4.38. The number of aliphatic hydroxyl groups excluding tert-OH is 1. The fraction of sp³-hybridized carbons (Fsp3) is 0.455. The Hall–Kier alpha value is -1.66. The minimum atomic E-state index is -0.582. The van der Waals surface area contributed by atoms with Crippen molar-refractivity contribution in [1.29, 1.82) is 0 Å². The number of nitrogen functional groups attached to an aromatic ring is 1. The first-order valence-corrected chi connectivity index (χ1v) is 5.31. The molecule has 0 spiro atoms. The van der Waals surface area contributed by atoms with E-state index in [9.17, 15) is 9.90 Å². The van der Waals surface area contributed by atoms with Gasteiger partial charge in [-0.15, -0.1) is 0 Å². The average molecular weight is 239 g/mol. The molecule has 0 aliphatic heterocycles. The number of methoxy groups -OCH3 is 1. The van der Waals surface area contributed by atoms with Crippen LogP contribution in [0.1, 0.15) is 16.9 Å². The molecular formula is C11H17N3O3. The zero-order valence-electron chi connectivity index (χ0n) is 9.72. The van der Waals surface area contributed by atoms with Gasteiger partial charge in [0.05, 0.1) is 18.4 Å². The predicted octanol–water partition coefficient (Wildman–Crippen LogP) is -0.209. The molecule has 4 N–H and O–H groups in total. The quantitative estimate of drug-likeness (QED) is 0.638. The van der Waals surface area contributed by atoms with Crippen LogP contribution in [0, 0.1) is 0 Å². The van der Waals surface area contributed by atoms with E-state index >= 15 is 0 Å². The van der Waals surface area contributed by atoms with Crippen molar-refractivity contribution < 1.29 is 14.6 Å². The van der Waals surface area contributed by atoms with Crippen LogP contribution in [0.5, 0.6) is 0 Å². The maximum Gasteiger partial charge on any atom is 0.272 e. The zero-order chi connectivity index (χ0) is 12.7. The van der Waals surface area contributed by atoms with Gasteiger partial charge in [-0.1, -0.05) is 0 Å². The van der Waals surface area contributed by atoms with E-state index < -0.39 is 6.10 Å². The van der Waals surface area contributed by atoms with Crippen LogP contribution in [0.15, 0.2) is 18.3 Å². The van der Waals surface area contributed by atoms with Crippen LogP contribution in [-0.4, -0.2) is 42.4 Å². The van der Waals surface area contributed by atoms with Crippen LogP contribution >= 0.6 is 0 Å². The van der Waals surface area contributed by atoms with Crippen LogP contribution in [0.3, 0.4) is 0 Å². The van der Waals surface area contributed by atoms with Crippen LogP contribution in [0.2, 0.25) is 0 Å². The van der Waals surface area contributed by atoms with Crippen molar-refractivity contribution in [2.75, 3.05) is 26.0 Å². The summed E-state index contributed by atoms with van der Waals surface area (Å²) in [6.07, 6.45) is 1.35. The Morgan fingerprint density at radius 2 is 2.47 bits per heavy atom. The van der Waals surface area contributed by atoms with Crippen LogP contribution in [-0.2, 0) is 4.74 Å². The smallest absolute Gasteiger partial charge is 0.272 e. The summed E-state index contributed by atoms with van der Waals surface area (Å²) < 4.78 is 4.77. The lowest BCUT2D eigenvalue weighted by atomic mass is 10.2. The molecule has 0 aliphatic rings. The predicted molar refractivity (Wildman–Crippen MR) is 63.5 cm³/mol. The molecule has 0 bridgehead atoms. The minimum Gasteiger partial charge on any atom is -0.397 e. The number of anilines is 1. The lowest BCUT2D eigenvalue weighted by Crippen LogP contribution is -2.29. The van der Waals surface area contributed by atoms with Crippen molar-refractivity contribution in [3.8, 4) is 0 Å². The highest BCUT2D eigenvalue weighted by atomic mass is 16.5. The highest BCUT2D eigenvalue weighted by molar-refractivity contribution is 5.96. The number of nitrogens with zero attached hydrogens (tertiary/aromatic N) is 1. The van der Waals surface area contributed by atoms with E-state index in [-0.39, 0.29) is 18.2 Å². The van der Waals surface area contributed by atoms with E-state index in [4.69, 9.17) is 10.5 Å². The monoisotopic (exact) mass is 239 g/mol. The third-order valence-corrected chi connectivity index (χ3v) is 2.18. The molecule has 6 heteroatoms. The van der Waals surface area contributed by atoms with E-state index in [0.717, 1.165) is 0 Å². The second kappa shape index (κ2) is 6.82. The van der Waals surface area contributed by atoms with Gasteiger partial charge in [-0.2, -0.15) is 0 Å². The Morgan fingerprint density at radius 3 is 3.12 bits per heavy atom. The lowest BCUT2D eigenvalue weighted by molar-refractivity contribution is 0.0587. The summed E-state index contributed by atoms with van der Waals surface area (Å²) in [5.74, 6) is -0.340. The number of pyridine rings is 1. The van der Waals surface area contributed by atoms with Crippen LogP contribution < -0.4 is 11.1 Å². The molecule has 1 aromatic heterocycles. The summed E-state index contributed by atoms with van der Waals surface area (Å²) in [5.41, 5.74) is 6.15. The Labute approximate surface area is 99.8 Å². The van der Waals surface area contributed by atoms with E-state index in [1.165, 1.54) is 13.3 Å². The van der Waals surface area contributed by atoms with Crippen molar-refractivity contribution in [3.63, 3.8) is 0 Å². The number of nitrogens with two attached hydrogens (primary N) is 1. The number of aromatic nitrogens is 1. The number of carbonyl (C=O) groups excluding carboxylic acids is 1. The highest BCUT2D eigenvalue weighted by Gasteiger charge is 2.10. The molecule has 1 amide bonds. The molecule has 1 rings (SSSR count). The fourth-order valence-electron chi connectivity index (χ4n) is 1.32. The molecule has 1 heterocycles. The van der Waals surface area contributed by atoms with E-state index in [1.54, 1.807) is 12.1 Å².